The molecule has 0 bridgehead atoms. The lowest BCUT2D eigenvalue weighted by atomic mass is 10.1. The normalized spacial score (nSPS) is 17.7. The quantitative estimate of drug-likeness (QED) is 0.821. The Morgan fingerprint density at radius 2 is 2.12 bits per heavy atom. The maximum Gasteiger partial charge on any atom is 0.249 e. The van der Waals surface area contributed by atoms with Crippen LogP contribution in [0.15, 0.2) is 41.1 Å². The Bertz CT molecular complexity index is 751. The molecule has 2 aromatic rings. The summed E-state index contributed by atoms with van der Waals surface area (Å²) in [6.07, 6.45) is 1.37. The van der Waals surface area contributed by atoms with Gasteiger partial charge >= 0.3 is 0 Å². The minimum Gasteiger partial charge on any atom is -0.343 e. The molecule has 1 aliphatic rings. The molecule has 7 heteroatoms. The van der Waals surface area contributed by atoms with Gasteiger partial charge in [-0.05, 0) is 60.8 Å². The first-order valence-corrected chi connectivity index (χ1v) is 9.42. The molecule has 5 nitrogen and oxygen atoms in total. The highest BCUT2D eigenvalue weighted by Crippen LogP contribution is 2.29. The largest absolute Gasteiger partial charge is 0.343 e. The number of benzene rings is 1. The van der Waals surface area contributed by atoms with Crippen molar-refractivity contribution in [2.24, 2.45) is 0 Å². The van der Waals surface area contributed by atoms with Gasteiger partial charge in [0.25, 0.3) is 0 Å². The van der Waals surface area contributed by atoms with Gasteiger partial charge in [-0.15, -0.1) is 12.4 Å². The molecule has 0 saturated heterocycles. The third-order valence-electron chi connectivity index (χ3n) is 4.61. The van der Waals surface area contributed by atoms with E-state index in [0.29, 0.717) is 13.0 Å². The highest BCUT2D eigenvalue weighted by atomic mass is 35.5. The van der Waals surface area contributed by atoms with E-state index < -0.39 is 6.04 Å². The third kappa shape index (κ3) is 4.44. The van der Waals surface area contributed by atoms with Gasteiger partial charge in [-0.3, -0.25) is 9.59 Å². The second-order valence-electron chi connectivity index (χ2n) is 6.29. The SMILES string of the molecule is CN[C@@H](C)C(=O)N[C@H]1CCc2ccccc2N(Cc2ccsc2)C1=O.Cl. The zero-order chi connectivity index (χ0) is 17.8. The third-order valence-corrected chi connectivity index (χ3v) is 5.34. The number of fused-ring (bicyclic) bond motifs is 1. The minimum atomic E-state index is -0.505. The van der Waals surface area contributed by atoms with Crippen molar-refractivity contribution < 1.29 is 9.59 Å². The first kappa shape index (κ1) is 20.4. The van der Waals surface area contributed by atoms with Gasteiger partial charge in [0.15, 0.2) is 0 Å². The maximum atomic E-state index is 13.2. The van der Waals surface area contributed by atoms with Crippen LogP contribution >= 0.6 is 23.7 Å². The molecule has 1 aromatic heterocycles. The van der Waals surface area contributed by atoms with Crippen molar-refractivity contribution in [3.05, 3.63) is 52.2 Å². The topological polar surface area (TPSA) is 61.4 Å². The number of carbonyl (C=O) groups excluding carboxylic acids is 2. The number of thiophene rings is 1. The number of rotatable bonds is 5. The summed E-state index contributed by atoms with van der Waals surface area (Å²) in [5.41, 5.74) is 3.19. The Morgan fingerprint density at radius 1 is 1.35 bits per heavy atom. The number of anilines is 1. The van der Waals surface area contributed by atoms with Crippen LogP contribution in [0, 0.1) is 0 Å². The minimum absolute atomic E-state index is 0. The average molecular weight is 394 g/mol. The van der Waals surface area contributed by atoms with Gasteiger partial charge in [0, 0.05) is 5.69 Å². The molecule has 2 N–H and O–H groups in total. The number of nitrogens with one attached hydrogen (secondary N) is 2. The highest BCUT2D eigenvalue weighted by Gasteiger charge is 2.32. The Hall–Kier alpha value is -1.89. The van der Waals surface area contributed by atoms with Gasteiger partial charge in [-0.25, -0.2) is 0 Å². The van der Waals surface area contributed by atoms with Crippen LogP contribution in [-0.4, -0.2) is 30.9 Å². The van der Waals surface area contributed by atoms with Crippen molar-refractivity contribution in [2.75, 3.05) is 11.9 Å². The average Bonchev–Trinajstić information content (AvgIpc) is 3.11. The number of likely N-dealkylation sites (N-methyl/N-ethyl adjacent to an activating group) is 1. The fraction of sp³-hybridized carbons (Fsp3) is 0.368. The summed E-state index contributed by atoms with van der Waals surface area (Å²) in [6.45, 7) is 2.31. The van der Waals surface area contributed by atoms with E-state index in [1.165, 1.54) is 0 Å². The Morgan fingerprint density at radius 3 is 2.81 bits per heavy atom. The molecule has 0 unspecified atom stereocenters. The second-order valence-corrected chi connectivity index (χ2v) is 7.07. The molecule has 0 spiro atoms. The van der Waals surface area contributed by atoms with E-state index in [-0.39, 0.29) is 30.3 Å². The smallest absolute Gasteiger partial charge is 0.249 e. The van der Waals surface area contributed by atoms with Gasteiger partial charge < -0.3 is 15.5 Å². The molecule has 0 aliphatic carbocycles. The first-order chi connectivity index (χ1) is 12.1. The summed E-state index contributed by atoms with van der Waals surface area (Å²) in [7, 11) is 1.73. The lowest BCUT2D eigenvalue weighted by Gasteiger charge is -2.26. The van der Waals surface area contributed by atoms with E-state index >= 15 is 0 Å². The van der Waals surface area contributed by atoms with E-state index in [4.69, 9.17) is 0 Å². The van der Waals surface area contributed by atoms with Gasteiger partial charge in [0.1, 0.15) is 6.04 Å². The number of nitrogens with zero attached hydrogens (tertiary/aromatic N) is 1. The van der Waals surface area contributed by atoms with Crippen LogP contribution in [0.4, 0.5) is 5.69 Å². The monoisotopic (exact) mass is 393 g/mol. The summed E-state index contributed by atoms with van der Waals surface area (Å²) in [4.78, 5) is 27.2. The number of hydrogen-bond donors (Lipinski definition) is 2. The zero-order valence-electron chi connectivity index (χ0n) is 14.9. The fourth-order valence-corrected chi connectivity index (χ4v) is 3.67. The van der Waals surface area contributed by atoms with E-state index in [0.717, 1.165) is 23.2 Å². The van der Waals surface area contributed by atoms with Crippen molar-refractivity contribution >= 4 is 41.2 Å². The molecule has 2 heterocycles. The Kier molecular flexibility index (Phi) is 7.20. The number of halogens is 1. The van der Waals surface area contributed by atoms with E-state index in [2.05, 4.69) is 22.1 Å². The van der Waals surface area contributed by atoms with Crippen molar-refractivity contribution in [1.82, 2.24) is 10.6 Å². The lowest BCUT2D eigenvalue weighted by Crippen LogP contribution is -2.52. The molecule has 1 aliphatic heterocycles. The number of amides is 2. The van der Waals surface area contributed by atoms with Crippen molar-refractivity contribution in [1.29, 1.82) is 0 Å². The van der Waals surface area contributed by atoms with E-state index in [1.807, 2.05) is 29.6 Å². The van der Waals surface area contributed by atoms with Gasteiger partial charge in [-0.1, -0.05) is 18.2 Å². The van der Waals surface area contributed by atoms with Gasteiger partial charge in [0.05, 0.1) is 12.6 Å². The fourth-order valence-electron chi connectivity index (χ4n) is 3.01. The van der Waals surface area contributed by atoms with Crippen LogP contribution in [0.2, 0.25) is 0 Å². The van der Waals surface area contributed by atoms with Crippen molar-refractivity contribution in [3.63, 3.8) is 0 Å². The highest BCUT2D eigenvalue weighted by molar-refractivity contribution is 7.07. The van der Waals surface area contributed by atoms with E-state index in [9.17, 15) is 9.59 Å². The molecule has 0 fully saturated rings. The molecular formula is C19H24ClN3O2S. The summed E-state index contributed by atoms with van der Waals surface area (Å²) < 4.78 is 0. The molecule has 140 valence electrons. The van der Waals surface area contributed by atoms with Crippen LogP contribution in [0.5, 0.6) is 0 Å². The van der Waals surface area contributed by atoms with Crippen molar-refractivity contribution in [3.8, 4) is 0 Å². The van der Waals surface area contributed by atoms with Crippen LogP contribution < -0.4 is 15.5 Å². The number of aryl methyl sites for hydroxylation is 1. The van der Waals surface area contributed by atoms with Crippen LogP contribution in [-0.2, 0) is 22.6 Å². The van der Waals surface area contributed by atoms with Gasteiger partial charge in [0.2, 0.25) is 11.8 Å². The first-order valence-electron chi connectivity index (χ1n) is 8.48. The Balaban J connectivity index is 0.00000243. The molecule has 0 saturated carbocycles. The number of hydrogen-bond acceptors (Lipinski definition) is 4. The number of carbonyl (C=O) groups is 2. The predicted molar refractivity (Wildman–Crippen MR) is 108 cm³/mol. The Labute approximate surface area is 164 Å². The summed E-state index contributed by atoms with van der Waals surface area (Å²) in [6, 6.07) is 9.19. The van der Waals surface area contributed by atoms with E-state index in [1.54, 1.807) is 30.2 Å². The standard InChI is InChI=1S/C19H23N3O2S.ClH/c1-13(20-2)18(23)21-16-8-7-15-5-3-4-6-17(15)22(19(16)24)11-14-9-10-25-12-14;/h3-6,9-10,12-13,16,20H,7-8,11H2,1-2H3,(H,21,23);1H/t13-,16-;/m0./s1. The molecule has 2 amide bonds. The van der Waals surface area contributed by atoms with Crippen LogP contribution in [0.25, 0.3) is 0 Å². The predicted octanol–water partition coefficient (Wildman–Crippen LogP) is 2.74. The molecule has 2 atom stereocenters. The van der Waals surface area contributed by atoms with Crippen LogP contribution in [0.1, 0.15) is 24.5 Å². The zero-order valence-corrected chi connectivity index (χ0v) is 16.5. The molecule has 1 aromatic carbocycles. The molecule has 26 heavy (non-hydrogen) atoms. The van der Waals surface area contributed by atoms with Crippen molar-refractivity contribution in [2.45, 2.75) is 38.4 Å². The van der Waals surface area contributed by atoms with Gasteiger partial charge in [-0.2, -0.15) is 11.3 Å². The lowest BCUT2D eigenvalue weighted by molar-refractivity contribution is -0.128. The molecule has 0 radical (unpaired) electrons. The maximum absolute atomic E-state index is 13.2. The van der Waals surface area contributed by atoms with Crippen LogP contribution in [0.3, 0.4) is 0 Å². The summed E-state index contributed by atoms with van der Waals surface area (Å²) in [5, 5.41) is 9.89. The summed E-state index contributed by atoms with van der Waals surface area (Å²) in [5.74, 6) is -0.199. The summed E-state index contributed by atoms with van der Waals surface area (Å²) >= 11 is 1.62. The molecular weight excluding hydrogens is 370 g/mol. The second kappa shape index (κ2) is 9.16. The number of para-hydroxylation sites is 1. The molecule has 3 rings (SSSR count).